The summed E-state index contributed by atoms with van der Waals surface area (Å²) in [5.74, 6) is 0.168. The van der Waals surface area contributed by atoms with Crippen LogP contribution < -0.4 is 0 Å². The van der Waals surface area contributed by atoms with Gasteiger partial charge in [0, 0.05) is 28.6 Å². The van der Waals surface area contributed by atoms with Crippen LogP contribution in [0.15, 0.2) is 24.4 Å². The number of piperidine rings is 3. The van der Waals surface area contributed by atoms with Crippen molar-refractivity contribution < 1.29 is 19.4 Å². The number of benzene rings is 1. The second-order valence-electron chi connectivity index (χ2n) is 7.30. The fourth-order valence-corrected chi connectivity index (χ4v) is 4.79. The molecule has 3 aliphatic heterocycles. The Morgan fingerprint density at radius 1 is 1.38 bits per heavy atom. The summed E-state index contributed by atoms with van der Waals surface area (Å²) in [6.45, 7) is 4.90. The molecular formula is C20H22N4O4S. The number of aromatic nitrogens is 3. The number of rotatable bonds is 3. The topological polar surface area (TPSA) is 108 Å². The van der Waals surface area contributed by atoms with E-state index in [9.17, 15) is 4.79 Å². The van der Waals surface area contributed by atoms with Crippen LogP contribution in [0.2, 0.25) is 0 Å². The van der Waals surface area contributed by atoms with Gasteiger partial charge in [0.25, 0.3) is 6.47 Å². The van der Waals surface area contributed by atoms with Crippen LogP contribution in [-0.4, -0.2) is 63.4 Å². The number of ether oxygens (including phenoxy) is 1. The van der Waals surface area contributed by atoms with Crippen LogP contribution in [0.5, 0.6) is 0 Å². The molecular weight excluding hydrogens is 392 g/mol. The number of carbonyl (C=O) groups excluding carboxylic acids is 1. The molecule has 0 saturated carbocycles. The smallest absolute Gasteiger partial charge is 0.359 e. The normalized spacial score (nSPS) is 22.7. The SMILES string of the molecule is Cc1cnc(-c2ccc3c(C(=O)O[C@@H]4CN5CCC4CC5)n[nH]c3c2)s1.O=CO. The van der Waals surface area contributed by atoms with Gasteiger partial charge in [-0.3, -0.25) is 14.8 Å². The van der Waals surface area contributed by atoms with Gasteiger partial charge in [0.15, 0.2) is 5.69 Å². The molecule has 152 valence electrons. The van der Waals surface area contributed by atoms with Crippen molar-refractivity contribution in [1.29, 1.82) is 0 Å². The van der Waals surface area contributed by atoms with Crippen molar-refractivity contribution >= 4 is 34.7 Å². The number of nitrogens with one attached hydrogen (secondary N) is 1. The molecule has 0 radical (unpaired) electrons. The Bertz CT molecular complexity index is 1020. The third-order valence-corrected chi connectivity index (χ3v) is 6.44. The second-order valence-corrected chi connectivity index (χ2v) is 8.53. The molecule has 29 heavy (non-hydrogen) atoms. The lowest BCUT2D eigenvalue weighted by Gasteiger charge is -2.43. The number of carbonyl (C=O) groups is 2. The summed E-state index contributed by atoms with van der Waals surface area (Å²) in [6.07, 6.45) is 4.11. The maximum Gasteiger partial charge on any atom is 0.359 e. The Hall–Kier alpha value is -2.78. The highest BCUT2D eigenvalue weighted by Gasteiger charge is 2.37. The molecule has 0 amide bonds. The summed E-state index contributed by atoms with van der Waals surface area (Å²) in [5.41, 5.74) is 2.23. The van der Waals surface area contributed by atoms with Crippen molar-refractivity contribution in [2.45, 2.75) is 25.9 Å². The lowest BCUT2D eigenvalue weighted by molar-refractivity contribution is -0.122. The Kier molecular flexibility index (Phi) is 5.59. The minimum atomic E-state index is -0.326. The van der Waals surface area contributed by atoms with E-state index in [2.05, 4.69) is 20.1 Å². The lowest BCUT2D eigenvalue weighted by atomic mass is 9.86. The maximum atomic E-state index is 12.7. The molecule has 0 spiro atoms. The van der Waals surface area contributed by atoms with Crippen LogP contribution in [0.1, 0.15) is 28.2 Å². The fourth-order valence-electron chi connectivity index (χ4n) is 4.03. The molecule has 0 aliphatic carbocycles. The number of aryl methyl sites for hydroxylation is 1. The first-order valence-electron chi connectivity index (χ1n) is 9.51. The van der Waals surface area contributed by atoms with E-state index in [-0.39, 0.29) is 18.5 Å². The van der Waals surface area contributed by atoms with Crippen molar-refractivity contribution in [1.82, 2.24) is 20.1 Å². The zero-order valence-electron chi connectivity index (χ0n) is 16.0. The average Bonchev–Trinajstić information content (AvgIpc) is 3.35. The molecule has 3 saturated heterocycles. The first-order chi connectivity index (χ1) is 14.1. The molecule has 3 aliphatic rings. The molecule has 8 nitrogen and oxygen atoms in total. The predicted molar refractivity (Wildman–Crippen MR) is 109 cm³/mol. The average molecular weight is 414 g/mol. The molecule has 6 rings (SSSR count). The number of thiazole rings is 1. The summed E-state index contributed by atoms with van der Waals surface area (Å²) < 4.78 is 5.82. The van der Waals surface area contributed by atoms with Crippen molar-refractivity contribution in [3.8, 4) is 10.6 Å². The van der Waals surface area contributed by atoms with Crippen LogP contribution in [0.25, 0.3) is 21.5 Å². The molecule has 1 aromatic carbocycles. The van der Waals surface area contributed by atoms with Gasteiger partial charge in [0.1, 0.15) is 11.1 Å². The summed E-state index contributed by atoms with van der Waals surface area (Å²) >= 11 is 1.65. The first-order valence-corrected chi connectivity index (χ1v) is 10.3. The van der Waals surface area contributed by atoms with Crippen LogP contribution >= 0.6 is 11.3 Å². The molecule has 5 heterocycles. The Labute approximate surface area is 171 Å². The Balaban J connectivity index is 0.000000645. The molecule has 3 fully saturated rings. The van der Waals surface area contributed by atoms with Gasteiger partial charge in [-0.05, 0) is 50.9 Å². The monoisotopic (exact) mass is 414 g/mol. The molecule has 2 aromatic heterocycles. The number of H-pyrrole nitrogens is 1. The standard InChI is InChI=1S/C19H20N4O2S.CH2O2/c1-11-9-20-18(26-11)13-2-3-14-15(8-13)21-22-17(14)19(24)25-16-10-23-6-4-12(16)5-7-23;2-1-3/h2-3,8-9,12,16H,4-7,10H2,1H3,(H,21,22);1H,(H,2,3)/t16-;/m1./s1. The van der Waals surface area contributed by atoms with Gasteiger partial charge in [-0.25, -0.2) is 9.78 Å². The third kappa shape index (κ3) is 4.01. The van der Waals surface area contributed by atoms with Crippen molar-refractivity contribution in [2.75, 3.05) is 19.6 Å². The Morgan fingerprint density at radius 3 is 2.76 bits per heavy atom. The molecule has 3 aromatic rings. The van der Waals surface area contributed by atoms with E-state index in [4.69, 9.17) is 14.6 Å². The van der Waals surface area contributed by atoms with Gasteiger partial charge >= 0.3 is 5.97 Å². The summed E-state index contributed by atoms with van der Waals surface area (Å²) in [6, 6.07) is 5.91. The summed E-state index contributed by atoms with van der Waals surface area (Å²) in [5, 5.41) is 15.9. The van der Waals surface area contributed by atoms with Crippen molar-refractivity contribution in [3.05, 3.63) is 35.0 Å². The molecule has 2 bridgehead atoms. The van der Waals surface area contributed by atoms with Gasteiger partial charge in [0.2, 0.25) is 0 Å². The summed E-state index contributed by atoms with van der Waals surface area (Å²) in [7, 11) is 0. The number of aromatic amines is 1. The van der Waals surface area contributed by atoms with Crippen molar-refractivity contribution in [3.63, 3.8) is 0 Å². The van der Waals surface area contributed by atoms with E-state index in [0.717, 1.165) is 53.9 Å². The van der Waals surface area contributed by atoms with Crippen molar-refractivity contribution in [2.24, 2.45) is 5.92 Å². The number of nitrogens with zero attached hydrogens (tertiary/aromatic N) is 3. The predicted octanol–water partition coefficient (Wildman–Crippen LogP) is 2.95. The highest BCUT2D eigenvalue weighted by molar-refractivity contribution is 7.14. The lowest BCUT2D eigenvalue weighted by Crippen LogP contribution is -2.51. The van der Waals surface area contributed by atoms with E-state index in [0.29, 0.717) is 11.6 Å². The van der Waals surface area contributed by atoms with E-state index >= 15 is 0 Å². The van der Waals surface area contributed by atoms with Crippen LogP contribution in [0.3, 0.4) is 0 Å². The zero-order valence-corrected chi connectivity index (χ0v) is 16.8. The fraction of sp³-hybridized carbons (Fsp3) is 0.400. The highest BCUT2D eigenvalue weighted by Crippen LogP contribution is 2.31. The van der Waals surface area contributed by atoms with Crippen LogP contribution in [0, 0.1) is 12.8 Å². The van der Waals surface area contributed by atoms with Gasteiger partial charge < -0.3 is 9.84 Å². The van der Waals surface area contributed by atoms with Gasteiger partial charge in [-0.1, -0.05) is 6.07 Å². The van der Waals surface area contributed by atoms with E-state index < -0.39 is 0 Å². The Morgan fingerprint density at radius 2 is 2.14 bits per heavy atom. The molecule has 2 N–H and O–H groups in total. The minimum absolute atomic E-state index is 0.00526. The van der Waals surface area contributed by atoms with Gasteiger partial charge in [-0.15, -0.1) is 11.3 Å². The van der Waals surface area contributed by atoms with Crippen LogP contribution in [-0.2, 0) is 9.53 Å². The van der Waals surface area contributed by atoms with E-state index in [1.165, 1.54) is 4.88 Å². The number of carboxylic acid groups (broad SMARTS) is 1. The first kappa shape index (κ1) is 19.5. The third-order valence-electron chi connectivity index (χ3n) is 5.48. The number of esters is 1. The second kappa shape index (κ2) is 8.30. The van der Waals surface area contributed by atoms with Crippen LogP contribution in [0.4, 0.5) is 0 Å². The van der Waals surface area contributed by atoms with E-state index in [1.54, 1.807) is 11.3 Å². The zero-order chi connectivity index (χ0) is 20.4. The quantitative estimate of drug-likeness (QED) is 0.501. The van der Waals surface area contributed by atoms with Gasteiger partial charge in [0.05, 0.1) is 5.52 Å². The minimum Gasteiger partial charge on any atom is -0.483 e. The number of fused-ring (bicyclic) bond motifs is 4. The summed E-state index contributed by atoms with van der Waals surface area (Å²) in [4.78, 5) is 29.0. The highest BCUT2D eigenvalue weighted by atomic mass is 32.1. The molecule has 0 unspecified atom stereocenters. The molecule has 9 heteroatoms. The number of hydrogen-bond acceptors (Lipinski definition) is 7. The maximum absolute atomic E-state index is 12.7. The largest absolute Gasteiger partial charge is 0.483 e. The van der Waals surface area contributed by atoms with E-state index in [1.807, 2.05) is 31.3 Å². The molecule has 1 atom stereocenters. The number of hydrogen-bond donors (Lipinski definition) is 2. The van der Waals surface area contributed by atoms with Gasteiger partial charge in [-0.2, -0.15) is 5.10 Å².